The van der Waals surface area contributed by atoms with Crippen molar-refractivity contribution >= 4 is 23.3 Å². The number of nitrogens with one attached hydrogen (secondary N) is 1. The Hall–Kier alpha value is -2.13. The van der Waals surface area contributed by atoms with Crippen LogP contribution in [-0.4, -0.2) is 11.7 Å². The highest BCUT2D eigenvalue weighted by molar-refractivity contribution is 6.34. The van der Waals surface area contributed by atoms with E-state index in [1.54, 1.807) is 24.3 Å². The zero-order valence-electron chi connectivity index (χ0n) is 10.6. The molecule has 0 aliphatic carbocycles. The quantitative estimate of drug-likeness (QED) is 0.879. The summed E-state index contributed by atoms with van der Waals surface area (Å²) in [5, 5.41) is 3.24. The van der Waals surface area contributed by atoms with E-state index >= 15 is 0 Å². The average Bonchev–Trinajstić information content (AvgIpc) is 2.77. The van der Waals surface area contributed by atoms with E-state index in [0.29, 0.717) is 16.1 Å². The molecule has 1 atom stereocenters. The highest BCUT2D eigenvalue weighted by Crippen LogP contribution is 2.33. The number of Topliss-reactive ketones (excluding diaryl/α,β-unsaturated/α-hetero) is 1. The van der Waals surface area contributed by atoms with Crippen LogP contribution in [0.4, 0.5) is 0 Å². The minimum Gasteiger partial charge on any atom is -0.345 e. The van der Waals surface area contributed by atoms with Crippen molar-refractivity contribution in [2.75, 3.05) is 0 Å². The maximum Gasteiger partial charge on any atom is 0.253 e. The predicted octanol–water partition coefficient (Wildman–Crippen LogP) is 3.40. The van der Waals surface area contributed by atoms with Gasteiger partial charge in [0.25, 0.3) is 5.91 Å². The van der Waals surface area contributed by atoms with E-state index in [9.17, 15) is 9.59 Å². The van der Waals surface area contributed by atoms with Gasteiger partial charge in [0.1, 0.15) is 0 Å². The van der Waals surface area contributed by atoms with Gasteiger partial charge in [-0.3, -0.25) is 9.59 Å². The zero-order valence-corrected chi connectivity index (χ0v) is 11.4. The lowest BCUT2D eigenvalue weighted by molar-refractivity contribution is 0.0934. The monoisotopic (exact) mass is 285 g/mol. The molecule has 0 radical (unpaired) electrons. The third-order valence-electron chi connectivity index (χ3n) is 3.44. The lowest BCUT2D eigenvalue weighted by Crippen LogP contribution is -2.21. The SMILES string of the molecule is O=C(C[C@@H]1NC(=O)c2c(Cl)cccc21)c1ccccc1. The van der Waals surface area contributed by atoms with Crippen molar-refractivity contribution in [1.29, 1.82) is 0 Å². The second kappa shape index (κ2) is 5.10. The molecule has 0 aromatic heterocycles. The van der Waals surface area contributed by atoms with E-state index in [-0.39, 0.29) is 24.2 Å². The third kappa shape index (κ3) is 2.21. The van der Waals surface area contributed by atoms with E-state index in [4.69, 9.17) is 11.6 Å². The van der Waals surface area contributed by atoms with Gasteiger partial charge in [0.05, 0.1) is 16.6 Å². The number of carbonyl (C=O) groups excluding carboxylic acids is 2. The van der Waals surface area contributed by atoms with Crippen molar-refractivity contribution in [1.82, 2.24) is 5.32 Å². The lowest BCUT2D eigenvalue weighted by Gasteiger charge is -2.10. The molecule has 100 valence electrons. The maximum absolute atomic E-state index is 12.2. The summed E-state index contributed by atoms with van der Waals surface area (Å²) in [5.74, 6) is -0.208. The van der Waals surface area contributed by atoms with Gasteiger partial charge in [-0.05, 0) is 11.6 Å². The first kappa shape index (κ1) is 12.9. The van der Waals surface area contributed by atoms with Gasteiger partial charge in [-0.1, -0.05) is 54.1 Å². The molecule has 0 spiro atoms. The Balaban J connectivity index is 1.86. The number of hydrogen-bond donors (Lipinski definition) is 1. The first-order chi connectivity index (χ1) is 9.66. The van der Waals surface area contributed by atoms with Crippen molar-refractivity contribution in [2.24, 2.45) is 0 Å². The molecule has 1 aliphatic rings. The average molecular weight is 286 g/mol. The molecule has 1 amide bonds. The number of fused-ring (bicyclic) bond motifs is 1. The summed E-state index contributed by atoms with van der Waals surface area (Å²) in [6, 6.07) is 14.1. The fraction of sp³-hybridized carbons (Fsp3) is 0.125. The molecule has 3 rings (SSSR count). The molecule has 4 heteroatoms. The summed E-state index contributed by atoms with van der Waals surface area (Å²) in [7, 11) is 0. The van der Waals surface area contributed by atoms with Crippen LogP contribution in [0.1, 0.15) is 38.7 Å². The molecular formula is C16H12ClNO2. The summed E-state index contributed by atoms with van der Waals surface area (Å²) in [4.78, 5) is 24.1. The van der Waals surface area contributed by atoms with Gasteiger partial charge in [-0.15, -0.1) is 0 Å². The van der Waals surface area contributed by atoms with Gasteiger partial charge in [0, 0.05) is 12.0 Å². The van der Waals surface area contributed by atoms with Gasteiger partial charge >= 0.3 is 0 Å². The van der Waals surface area contributed by atoms with Crippen LogP contribution in [0.2, 0.25) is 5.02 Å². The van der Waals surface area contributed by atoms with Crippen LogP contribution in [0.5, 0.6) is 0 Å². The van der Waals surface area contributed by atoms with Crippen LogP contribution < -0.4 is 5.32 Å². The molecule has 2 aromatic carbocycles. The fourth-order valence-corrected chi connectivity index (χ4v) is 2.73. The molecule has 0 unspecified atom stereocenters. The highest BCUT2D eigenvalue weighted by Gasteiger charge is 2.31. The molecular weight excluding hydrogens is 274 g/mol. The van der Waals surface area contributed by atoms with Crippen LogP contribution in [0.25, 0.3) is 0 Å². The van der Waals surface area contributed by atoms with E-state index in [1.807, 2.05) is 24.3 Å². The number of rotatable bonds is 3. The molecule has 0 saturated heterocycles. The second-order valence-electron chi connectivity index (χ2n) is 4.72. The van der Waals surface area contributed by atoms with Gasteiger partial charge in [0.2, 0.25) is 0 Å². The van der Waals surface area contributed by atoms with Gasteiger partial charge in [0.15, 0.2) is 5.78 Å². The van der Waals surface area contributed by atoms with Crippen molar-refractivity contribution in [3.8, 4) is 0 Å². The summed E-state index contributed by atoms with van der Waals surface area (Å²) >= 11 is 6.04. The first-order valence-electron chi connectivity index (χ1n) is 6.34. The Labute approximate surface area is 121 Å². The summed E-state index contributed by atoms with van der Waals surface area (Å²) in [6.07, 6.45) is 0.239. The van der Waals surface area contributed by atoms with E-state index in [1.165, 1.54) is 0 Å². The van der Waals surface area contributed by atoms with Crippen LogP contribution in [-0.2, 0) is 0 Å². The van der Waals surface area contributed by atoms with Crippen LogP contribution in [0.15, 0.2) is 48.5 Å². The molecule has 2 aromatic rings. The minimum absolute atomic E-state index is 0.00345. The minimum atomic E-state index is -0.302. The standard InChI is InChI=1S/C16H12ClNO2/c17-12-8-4-7-11-13(18-16(20)15(11)12)9-14(19)10-5-2-1-3-6-10/h1-8,13H,9H2,(H,18,20)/t13-/m0/s1. The van der Waals surface area contributed by atoms with Gasteiger partial charge < -0.3 is 5.32 Å². The summed E-state index contributed by atoms with van der Waals surface area (Å²) in [5.41, 5.74) is 1.93. The Morgan fingerprint density at radius 2 is 1.85 bits per heavy atom. The van der Waals surface area contributed by atoms with Gasteiger partial charge in [-0.2, -0.15) is 0 Å². The third-order valence-corrected chi connectivity index (χ3v) is 3.75. The summed E-state index contributed by atoms with van der Waals surface area (Å²) in [6.45, 7) is 0. The van der Waals surface area contributed by atoms with E-state index in [0.717, 1.165) is 5.56 Å². The molecule has 3 nitrogen and oxygen atoms in total. The molecule has 0 saturated carbocycles. The highest BCUT2D eigenvalue weighted by atomic mass is 35.5. The molecule has 0 fully saturated rings. The van der Waals surface area contributed by atoms with E-state index < -0.39 is 0 Å². The van der Waals surface area contributed by atoms with Crippen molar-refractivity contribution < 1.29 is 9.59 Å². The number of carbonyl (C=O) groups is 2. The Bertz CT molecular complexity index is 682. The first-order valence-corrected chi connectivity index (χ1v) is 6.72. The molecule has 1 heterocycles. The predicted molar refractivity (Wildman–Crippen MR) is 77.0 cm³/mol. The number of hydrogen-bond acceptors (Lipinski definition) is 2. The smallest absolute Gasteiger partial charge is 0.253 e. The molecule has 20 heavy (non-hydrogen) atoms. The molecule has 0 bridgehead atoms. The molecule has 1 N–H and O–H groups in total. The zero-order chi connectivity index (χ0) is 14.1. The Morgan fingerprint density at radius 3 is 2.60 bits per heavy atom. The van der Waals surface area contributed by atoms with Crippen molar-refractivity contribution in [3.05, 3.63) is 70.2 Å². The van der Waals surface area contributed by atoms with Crippen LogP contribution in [0, 0.1) is 0 Å². The largest absolute Gasteiger partial charge is 0.345 e. The molecule has 1 aliphatic heterocycles. The topological polar surface area (TPSA) is 46.2 Å². The number of halogens is 1. The van der Waals surface area contributed by atoms with Crippen molar-refractivity contribution in [3.63, 3.8) is 0 Å². The number of ketones is 1. The lowest BCUT2D eigenvalue weighted by atomic mass is 9.98. The normalized spacial score (nSPS) is 16.6. The van der Waals surface area contributed by atoms with Gasteiger partial charge in [-0.25, -0.2) is 0 Å². The Kier molecular flexibility index (Phi) is 3.28. The van der Waals surface area contributed by atoms with Crippen LogP contribution >= 0.6 is 11.6 Å². The number of benzene rings is 2. The van der Waals surface area contributed by atoms with E-state index in [2.05, 4.69) is 5.32 Å². The van der Waals surface area contributed by atoms with Crippen LogP contribution in [0.3, 0.4) is 0 Å². The summed E-state index contributed by atoms with van der Waals surface area (Å²) < 4.78 is 0. The van der Waals surface area contributed by atoms with Crippen molar-refractivity contribution in [2.45, 2.75) is 12.5 Å². The number of amides is 1. The maximum atomic E-state index is 12.2. The second-order valence-corrected chi connectivity index (χ2v) is 5.13. The fourth-order valence-electron chi connectivity index (χ4n) is 2.47. The Morgan fingerprint density at radius 1 is 1.10 bits per heavy atom.